The van der Waals surface area contributed by atoms with Crippen molar-refractivity contribution < 1.29 is 32.3 Å². The standard InChI is InChI=1S/C22H26ClN3O7S3/c1-14(20(28)25-9-11-33-12-10-25)22(7-8-24-21(22)29)26(13-18(27)32-2)36(30,31)19-6-4-16(35-19)15-3-5-17(23)34-15/h3-6,14H,7-13H2,1-2H3,(H,24,29)/t14-,22+/m1/s1. The Kier molecular flexibility index (Phi) is 8.07. The number of esters is 1. The minimum absolute atomic E-state index is 0.0259. The Morgan fingerprint density at radius 3 is 2.47 bits per heavy atom. The Labute approximate surface area is 222 Å². The van der Waals surface area contributed by atoms with Crippen LogP contribution in [0.3, 0.4) is 0 Å². The normalized spacial score (nSPS) is 21.4. The van der Waals surface area contributed by atoms with Crippen LogP contribution in [0.4, 0.5) is 0 Å². The van der Waals surface area contributed by atoms with E-state index in [9.17, 15) is 22.8 Å². The average Bonchev–Trinajstić information content (AvgIpc) is 3.62. The van der Waals surface area contributed by atoms with Crippen molar-refractivity contribution in [2.75, 3.05) is 46.5 Å². The van der Waals surface area contributed by atoms with Crippen LogP contribution in [0.1, 0.15) is 13.3 Å². The Balaban J connectivity index is 1.78. The number of ether oxygens (including phenoxy) is 2. The lowest BCUT2D eigenvalue weighted by Gasteiger charge is -2.42. The molecule has 2 atom stereocenters. The molecular weight excluding hydrogens is 550 g/mol. The maximum Gasteiger partial charge on any atom is 0.321 e. The van der Waals surface area contributed by atoms with Crippen LogP contribution in [0.5, 0.6) is 0 Å². The third kappa shape index (κ3) is 4.92. The zero-order valence-corrected chi connectivity index (χ0v) is 22.9. The van der Waals surface area contributed by atoms with Crippen molar-refractivity contribution in [1.29, 1.82) is 0 Å². The summed E-state index contributed by atoms with van der Waals surface area (Å²) in [6, 6.07) is 6.59. The number of nitrogens with zero attached hydrogens (tertiary/aromatic N) is 2. The molecule has 2 aromatic rings. The van der Waals surface area contributed by atoms with E-state index in [0.29, 0.717) is 35.5 Å². The third-order valence-electron chi connectivity index (χ3n) is 6.48. The van der Waals surface area contributed by atoms with Gasteiger partial charge < -0.3 is 19.7 Å². The molecule has 2 aliphatic rings. The summed E-state index contributed by atoms with van der Waals surface area (Å²) in [5.74, 6) is -2.90. The van der Waals surface area contributed by atoms with Gasteiger partial charge in [-0.3, -0.25) is 14.4 Å². The third-order valence-corrected chi connectivity index (χ3v) is 11.4. The van der Waals surface area contributed by atoms with E-state index in [2.05, 4.69) is 5.32 Å². The fraction of sp³-hybridized carbons (Fsp3) is 0.500. The number of hydrogen-bond acceptors (Lipinski definition) is 9. The van der Waals surface area contributed by atoms with E-state index in [4.69, 9.17) is 21.1 Å². The summed E-state index contributed by atoms with van der Waals surface area (Å²) in [6.07, 6.45) is 0.0259. The van der Waals surface area contributed by atoms with Crippen LogP contribution in [-0.2, 0) is 33.9 Å². The molecule has 0 bridgehead atoms. The molecule has 1 N–H and O–H groups in total. The summed E-state index contributed by atoms with van der Waals surface area (Å²) in [7, 11) is -3.26. The lowest BCUT2D eigenvalue weighted by molar-refractivity contribution is -0.151. The number of halogens is 1. The molecule has 4 heterocycles. The fourth-order valence-electron chi connectivity index (χ4n) is 4.53. The molecule has 2 amide bonds. The van der Waals surface area contributed by atoms with Crippen molar-refractivity contribution in [3.63, 3.8) is 0 Å². The summed E-state index contributed by atoms with van der Waals surface area (Å²) >= 11 is 8.35. The van der Waals surface area contributed by atoms with E-state index < -0.39 is 39.9 Å². The highest BCUT2D eigenvalue weighted by atomic mass is 35.5. The quantitative estimate of drug-likeness (QED) is 0.478. The largest absolute Gasteiger partial charge is 0.468 e. The van der Waals surface area contributed by atoms with Gasteiger partial charge in [0.05, 0.1) is 30.6 Å². The second kappa shape index (κ2) is 10.8. The van der Waals surface area contributed by atoms with Gasteiger partial charge in [0.15, 0.2) is 0 Å². The first-order valence-corrected chi connectivity index (χ1v) is 14.7. The number of rotatable bonds is 8. The molecule has 14 heteroatoms. The molecule has 0 unspecified atom stereocenters. The van der Waals surface area contributed by atoms with Gasteiger partial charge in [-0.05, 0) is 30.7 Å². The first kappa shape index (κ1) is 27.0. The molecular formula is C22H26ClN3O7S3. The summed E-state index contributed by atoms with van der Waals surface area (Å²) < 4.78 is 39.6. The van der Waals surface area contributed by atoms with Crippen LogP contribution in [0.25, 0.3) is 9.75 Å². The minimum atomic E-state index is -4.40. The Morgan fingerprint density at radius 1 is 1.22 bits per heavy atom. The van der Waals surface area contributed by atoms with E-state index in [1.54, 1.807) is 23.1 Å². The molecule has 0 saturated carbocycles. The number of amides is 2. The number of sulfonamides is 1. The zero-order chi connectivity index (χ0) is 26.1. The van der Waals surface area contributed by atoms with E-state index in [1.165, 1.54) is 24.3 Å². The highest BCUT2D eigenvalue weighted by Gasteiger charge is 2.59. The van der Waals surface area contributed by atoms with Crippen LogP contribution >= 0.6 is 34.3 Å². The van der Waals surface area contributed by atoms with Gasteiger partial charge in [0, 0.05) is 29.4 Å². The molecule has 36 heavy (non-hydrogen) atoms. The van der Waals surface area contributed by atoms with Crippen molar-refractivity contribution in [3.05, 3.63) is 28.6 Å². The van der Waals surface area contributed by atoms with Gasteiger partial charge in [-0.25, -0.2) is 8.42 Å². The predicted octanol–water partition coefficient (Wildman–Crippen LogP) is 2.05. The van der Waals surface area contributed by atoms with Gasteiger partial charge in [-0.1, -0.05) is 18.5 Å². The molecule has 0 aromatic carbocycles. The number of nitrogens with one attached hydrogen (secondary N) is 1. The van der Waals surface area contributed by atoms with E-state index >= 15 is 0 Å². The lowest BCUT2D eigenvalue weighted by atomic mass is 9.82. The van der Waals surface area contributed by atoms with Crippen LogP contribution in [0.15, 0.2) is 28.5 Å². The maximum absolute atomic E-state index is 14.1. The van der Waals surface area contributed by atoms with Gasteiger partial charge in [0.2, 0.25) is 11.8 Å². The van der Waals surface area contributed by atoms with Gasteiger partial charge in [-0.2, -0.15) is 4.31 Å². The topological polar surface area (TPSA) is 122 Å². The van der Waals surface area contributed by atoms with Crippen LogP contribution in [0, 0.1) is 5.92 Å². The number of thiophene rings is 2. The van der Waals surface area contributed by atoms with Gasteiger partial charge >= 0.3 is 5.97 Å². The Morgan fingerprint density at radius 2 is 1.89 bits per heavy atom. The molecule has 2 saturated heterocycles. The highest BCUT2D eigenvalue weighted by molar-refractivity contribution is 7.91. The number of carbonyl (C=O) groups excluding carboxylic acids is 3. The van der Waals surface area contributed by atoms with Gasteiger partial charge in [0.1, 0.15) is 16.3 Å². The van der Waals surface area contributed by atoms with Crippen molar-refractivity contribution in [1.82, 2.24) is 14.5 Å². The molecule has 0 aliphatic carbocycles. The Hall–Kier alpha value is -2.03. The number of hydrogen-bond donors (Lipinski definition) is 1. The number of methoxy groups -OCH3 is 1. The fourth-order valence-corrected chi connectivity index (χ4v) is 8.86. The van der Waals surface area contributed by atoms with Crippen LogP contribution in [0.2, 0.25) is 4.34 Å². The first-order chi connectivity index (χ1) is 17.1. The molecule has 10 nitrogen and oxygen atoms in total. The van der Waals surface area contributed by atoms with Crippen molar-refractivity contribution in [3.8, 4) is 9.75 Å². The summed E-state index contributed by atoms with van der Waals surface area (Å²) in [4.78, 5) is 42.3. The smallest absolute Gasteiger partial charge is 0.321 e. The van der Waals surface area contributed by atoms with Crippen molar-refractivity contribution >= 4 is 62.1 Å². The van der Waals surface area contributed by atoms with Gasteiger partial charge in [0.25, 0.3) is 10.0 Å². The van der Waals surface area contributed by atoms with Crippen LogP contribution < -0.4 is 5.32 Å². The van der Waals surface area contributed by atoms with Crippen LogP contribution in [-0.4, -0.2) is 87.4 Å². The van der Waals surface area contributed by atoms with Gasteiger partial charge in [-0.15, -0.1) is 22.7 Å². The second-order valence-corrected chi connectivity index (χ2v) is 13.3. The van der Waals surface area contributed by atoms with Crippen molar-refractivity contribution in [2.45, 2.75) is 23.1 Å². The summed E-state index contributed by atoms with van der Waals surface area (Å²) in [5, 5.41) is 2.68. The van der Waals surface area contributed by atoms with E-state index in [0.717, 1.165) is 27.6 Å². The second-order valence-electron chi connectivity index (χ2n) is 8.40. The zero-order valence-electron chi connectivity index (χ0n) is 19.7. The molecule has 2 aromatic heterocycles. The molecule has 4 rings (SSSR count). The molecule has 0 spiro atoms. The lowest BCUT2D eigenvalue weighted by Crippen LogP contribution is -2.64. The highest BCUT2D eigenvalue weighted by Crippen LogP contribution is 2.42. The van der Waals surface area contributed by atoms with E-state index in [-0.39, 0.29) is 23.1 Å². The molecule has 196 valence electrons. The van der Waals surface area contributed by atoms with Crippen molar-refractivity contribution in [2.24, 2.45) is 5.92 Å². The number of morpholine rings is 1. The first-order valence-electron chi connectivity index (χ1n) is 11.2. The Bertz CT molecular complexity index is 1260. The predicted molar refractivity (Wildman–Crippen MR) is 135 cm³/mol. The average molecular weight is 576 g/mol. The van der Waals surface area contributed by atoms with E-state index in [1.807, 2.05) is 0 Å². The molecule has 2 aliphatic heterocycles. The monoisotopic (exact) mass is 575 g/mol. The molecule has 0 radical (unpaired) electrons. The minimum Gasteiger partial charge on any atom is -0.468 e. The maximum atomic E-state index is 14.1. The molecule has 2 fully saturated rings. The summed E-state index contributed by atoms with van der Waals surface area (Å²) in [5.41, 5.74) is -1.81. The number of carbonyl (C=O) groups is 3. The summed E-state index contributed by atoms with van der Waals surface area (Å²) in [6.45, 7) is 2.36. The SMILES string of the molecule is COC(=O)CN([C@]1([C@H](C)C(=O)N2CCOCC2)CCNC1=O)S(=O)(=O)c1ccc(-c2ccc(Cl)s2)s1.